The van der Waals surface area contributed by atoms with Crippen LogP contribution in [0.5, 0.6) is 0 Å². The number of benzene rings is 1. The van der Waals surface area contributed by atoms with Crippen molar-refractivity contribution in [3.8, 4) is 0 Å². The molecule has 0 aliphatic rings. The van der Waals surface area contributed by atoms with Crippen molar-refractivity contribution >= 4 is 23.4 Å². The Morgan fingerprint density at radius 1 is 0.963 bits per heavy atom. The number of rotatable bonds is 9. The molecule has 0 aliphatic heterocycles. The molecule has 7 heteroatoms. The average Bonchev–Trinajstić information content (AvgIpc) is 2.58. The minimum atomic E-state index is -0.314. The molecule has 0 unspecified atom stereocenters. The van der Waals surface area contributed by atoms with E-state index in [0.29, 0.717) is 6.54 Å². The van der Waals surface area contributed by atoms with Gasteiger partial charge in [-0.2, -0.15) is 0 Å². The Morgan fingerprint density at radius 3 is 2.19 bits per heavy atom. The van der Waals surface area contributed by atoms with Crippen LogP contribution in [0, 0.1) is 0 Å². The largest absolute Gasteiger partial charge is 0.350 e. The van der Waals surface area contributed by atoms with Crippen LogP contribution < -0.4 is 16.0 Å². The molecule has 150 valence electrons. The first-order chi connectivity index (χ1) is 12.6. The van der Waals surface area contributed by atoms with Crippen molar-refractivity contribution in [2.75, 3.05) is 31.5 Å². The number of anilines is 1. The Kier molecular flexibility index (Phi) is 8.94. The van der Waals surface area contributed by atoms with Gasteiger partial charge in [0.05, 0.1) is 19.6 Å². The van der Waals surface area contributed by atoms with E-state index in [-0.39, 0.29) is 42.9 Å². The molecule has 1 rings (SSSR count). The van der Waals surface area contributed by atoms with E-state index in [1.54, 1.807) is 4.90 Å². The van der Waals surface area contributed by atoms with Crippen LogP contribution >= 0.6 is 0 Å². The van der Waals surface area contributed by atoms with Gasteiger partial charge in [0.2, 0.25) is 17.7 Å². The summed E-state index contributed by atoms with van der Waals surface area (Å²) in [5, 5.41) is 8.28. The Morgan fingerprint density at radius 2 is 1.59 bits per heavy atom. The maximum Gasteiger partial charge on any atom is 0.243 e. The van der Waals surface area contributed by atoms with E-state index in [1.165, 1.54) is 0 Å². The highest BCUT2D eigenvalue weighted by Crippen LogP contribution is 2.14. The molecular weight excluding hydrogens is 344 g/mol. The molecule has 1 aromatic carbocycles. The second-order valence-corrected chi connectivity index (χ2v) is 7.44. The topological polar surface area (TPSA) is 90.5 Å². The third-order valence-electron chi connectivity index (χ3n) is 3.81. The molecule has 1 aromatic rings. The first kappa shape index (κ1) is 22.6. The van der Waals surface area contributed by atoms with E-state index >= 15 is 0 Å². The van der Waals surface area contributed by atoms with Gasteiger partial charge in [-0.1, -0.05) is 32.0 Å². The molecule has 3 amide bonds. The highest BCUT2D eigenvalue weighted by atomic mass is 16.2. The van der Waals surface area contributed by atoms with Gasteiger partial charge in [-0.15, -0.1) is 0 Å². The number of hydrogen-bond donors (Lipinski definition) is 3. The number of para-hydroxylation sites is 1. The number of hydrogen-bond acceptors (Lipinski definition) is 4. The smallest absolute Gasteiger partial charge is 0.243 e. The lowest BCUT2D eigenvalue weighted by atomic mass is 10.1. The van der Waals surface area contributed by atoms with Crippen molar-refractivity contribution in [2.45, 2.75) is 46.6 Å². The average molecular weight is 377 g/mol. The lowest BCUT2D eigenvalue weighted by molar-refractivity contribution is -0.127. The van der Waals surface area contributed by atoms with Crippen molar-refractivity contribution in [3.05, 3.63) is 29.8 Å². The first-order valence-corrected chi connectivity index (χ1v) is 9.32. The van der Waals surface area contributed by atoms with Crippen LogP contribution in [0.4, 0.5) is 5.69 Å². The Hall–Kier alpha value is -2.41. The molecule has 3 N–H and O–H groups in total. The number of nitrogens with one attached hydrogen (secondary N) is 3. The lowest BCUT2D eigenvalue weighted by Gasteiger charge is -2.24. The maximum absolute atomic E-state index is 12.1. The number of carbonyl (C=O) groups excluding carboxylic acids is 3. The summed E-state index contributed by atoms with van der Waals surface area (Å²) in [4.78, 5) is 37.9. The van der Waals surface area contributed by atoms with Gasteiger partial charge >= 0.3 is 0 Å². The number of aryl methyl sites for hydroxylation is 1. The number of nitrogens with zero attached hydrogens (tertiary/aromatic N) is 1. The number of likely N-dealkylation sites (N-methyl/N-ethyl adjacent to an activating group) is 1. The van der Waals surface area contributed by atoms with Gasteiger partial charge in [0.1, 0.15) is 0 Å². The number of amides is 3. The summed E-state index contributed by atoms with van der Waals surface area (Å²) in [7, 11) is 0. The van der Waals surface area contributed by atoms with Crippen molar-refractivity contribution in [1.29, 1.82) is 0 Å². The summed E-state index contributed by atoms with van der Waals surface area (Å²) in [5.74, 6) is -0.705. The Bertz CT molecular complexity index is 653. The predicted octanol–water partition coefficient (Wildman–Crippen LogP) is 1.54. The summed E-state index contributed by atoms with van der Waals surface area (Å²) < 4.78 is 0. The monoisotopic (exact) mass is 376 g/mol. The molecular formula is C20H32N4O3. The summed E-state index contributed by atoms with van der Waals surface area (Å²) >= 11 is 0. The van der Waals surface area contributed by atoms with Crippen molar-refractivity contribution in [3.63, 3.8) is 0 Å². The summed E-state index contributed by atoms with van der Waals surface area (Å²) in [6.07, 6.45) is 0.810. The van der Waals surface area contributed by atoms with Crippen molar-refractivity contribution < 1.29 is 14.4 Å². The molecule has 0 atom stereocenters. The zero-order valence-electron chi connectivity index (χ0n) is 17.0. The quantitative estimate of drug-likeness (QED) is 0.610. The van der Waals surface area contributed by atoms with E-state index in [2.05, 4.69) is 16.0 Å². The normalized spacial score (nSPS) is 11.2. The summed E-state index contributed by atoms with van der Waals surface area (Å²) in [5.41, 5.74) is 1.48. The molecule has 0 saturated carbocycles. The zero-order valence-corrected chi connectivity index (χ0v) is 17.0. The van der Waals surface area contributed by atoms with E-state index in [0.717, 1.165) is 17.7 Å². The molecule has 0 aliphatic carbocycles. The fraction of sp³-hybridized carbons (Fsp3) is 0.550. The second kappa shape index (κ2) is 10.7. The second-order valence-electron chi connectivity index (χ2n) is 7.44. The van der Waals surface area contributed by atoms with Crippen LogP contribution in [0.1, 0.15) is 40.2 Å². The summed E-state index contributed by atoms with van der Waals surface area (Å²) in [6.45, 7) is 10.3. The SMILES string of the molecule is CCc1ccccc1NC(=O)CNC(=O)CN(CC)CC(=O)NC(C)(C)C. The third kappa shape index (κ3) is 9.19. The lowest BCUT2D eigenvalue weighted by Crippen LogP contribution is -2.48. The van der Waals surface area contributed by atoms with Gasteiger partial charge in [-0.3, -0.25) is 19.3 Å². The van der Waals surface area contributed by atoms with E-state index in [4.69, 9.17) is 0 Å². The van der Waals surface area contributed by atoms with Gasteiger partial charge in [-0.05, 0) is 45.4 Å². The molecule has 0 spiro atoms. The van der Waals surface area contributed by atoms with Crippen LogP contribution in [0.2, 0.25) is 0 Å². The molecule has 27 heavy (non-hydrogen) atoms. The molecule has 0 heterocycles. The fourth-order valence-corrected chi connectivity index (χ4v) is 2.52. The van der Waals surface area contributed by atoms with Gasteiger partial charge < -0.3 is 16.0 Å². The van der Waals surface area contributed by atoms with Gasteiger partial charge in [0.25, 0.3) is 0 Å². The van der Waals surface area contributed by atoms with Crippen LogP contribution in [0.3, 0.4) is 0 Å². The minimum Gasteiger partial charge on any atom is -0.350 e. The van der Waals surface area contributed by atoms with Gasteiger partial charge in [-0.25, -0.2) is 0 Å². The van der Waals surface area contributed by atoms with Crippen molar-refractivity contribution in [1.82, 2.24) is 15.5 Å². The molecule has 0 aromatic heterocycles. The van der Waals surface area contributed by atoms with Crippen LogP contribution in [0.15, 0.2) is 24.3 Å². The van der Waals surface area contributed by atoms with Gasteiger partial charge in [0.15, 0.2) is 0 Å². The first-order valence-electron chi connectivity index (χ1n) is 9.32. The van der Waals surface area contributed by atoms with E-state index < -0.39 is 0 Å². The highest BCUT2D eigenvalue weighted by Gasteiger charge is 2.18. The number of carbonyl (C=O) groups is 3. The standard InChI is InChI=1S/C20H32N4O3/c1-6-15-10-8-9-11-16(15)22-17(25)12-21-18(26)13-24(7-2)14-19(27)23-20(3,4)5/h8-11H,6-7,12-14H2,1-5H3,(H,21,26)(H,22,25)(H,23,27). The fourth-order valence-electron chi connectivity index (χ4n) is 2.52. The molecule has 7 nitrogen and oxygen atoms in total. The highest BCUT2D eigenvalue weighted by molar-refractivity contribution is 5.95. The molecule has 0 fully saturated rings. The molecule has 0 saturated heterocycles. The maximum atomic E-state index is 12.1. The predicted molar refractivity (Wildman–Crippen MR) is 107 cm³/mol. The van der Waals surface area contributed by atoms with Crippen LogP contribution in [-0.2, 0) is 20.8 Å². The minimum absolute atomic E-state index is 0.0624. The Labute approximate surface area is 161 Å². The van der Waals surface area contributed by atoms with E-state index in [9.17, 15) is 14.4 Å². The van der Waals surface area contributed by atoms with Crippen LogP contribution in [0.25, 0.3) is 0 Å². The third-order valence-corrected chi connectivity index (χ3v) is 3.81. The summed E-state index contributed by atoms with van der Waals surface area (Å²) in [6, 6.07) is 7.57. The Balaban J connectivity index is 2.44. The molecule has 0 radical (unpaired) electrons. The van der Waals surface area contributed by atoms with Crippen molar-refractivity contribution in [2.24, 2.45) is 0 Å². The van der Waals surface area contributed by atoms with Gasteiger partial charge in [0, 0.05) is 11.2 Å². The van der Waals surface area contributed by atoms with Crippen LogP contribution in [-0.4, -0.2) is 54.3 Å². The molecule has 0 bridgehead atoms. The zero-order chi connectivity index (χ0) is 20.4. The van der Waals surface area contributed by atoms with E-state index in [1.807, 2.05) is 58.9 Å².